The van der Waals surface area contributed by atoms with E-state index in [-0.39, 0.29) is 47.6 Å². The second-order valence-electron chi connectivity index (χ2n) is 10.1. The molecular formula is C29H22BrNO7. The van der Waals surface area contributed by atoms with E-state index in [1.165, 1.54) is 6.08 Å². The minimum atomic E-state index is -1.10. The Hall–Kier alpha value is -3.85. The van der Waals surface area contributed by atoms with Crippen LogP contribution in [-0.4, -0.2) is 51.0 Å². The van der Waals surface area contributed by atoms with Gasteiger partial charge in [0.25, 0.3) is 0 Å². The van der Waals surface area contributed by atoms with Gasteiger partial charge in [-0.1, -0.05) is 42.0 Å². The fraction of sp³-hybridized carbons (Fsp3) is 0.276. The van der Waals surface area contributed by atoms with E-state index in [1.54, 1.807) is 24.3 Å². The summed E-state index contributed by atoms with van der Waals surface area (Å²) in [5.74, 6) is -5.00. The molecule has 4 atom stereocenters. The largest absolute Gasteiger partial charge is 0.507 e. The number of amides is 2. The third kappa shape index (κ3) is 3.52. The van der Waals surface area contributed by atoms with Crippen molar-refractivity contribution >= 4 is 56.1 Å². The van der Waals surface area contributed by atoms with Crippen molar-refractivity contribution in [1.29, 1.82) is 0 Å². The number of carbonyl (C=O) groups is 5. The molecule has 8 nitrogen and oxygen atoms in total. The van der Waals surface area contributed by atoms with Crippen LogP contribution < -0.4 is 0 Å². The van der Waals surface area contributed by atoms with Crippen LogP contribution in [0.5, 0.6) is 5.75 Å². The van der Waals surface area contributed by atoms with Gasteiger partial charge in [-0.3, -0.25) is 28.9 Å². The summed E-state index contributed by atoms with van der Waals surface area (Å²) < 4.78 is 0.146. The molecule has 0 aromatic heterocycles. The summed E-state index contributed by atoms with van der Waals surface area (Å²) >= 11 is 3.22. The summed E-state index contributed by atoms with van der Waals surface area (Å²) in [6, 6.07) is 10.6. The van der Waals surface area contributed by atoms with Gasteiger partial charge in [0.05, 0.1) is 22.7 Å². The number of phenols is 1. The fourth-order valence-electron chi connectivity index (χ4n) is 6.61. The van der Waals surface area contributed by atoms with Crippen LogP contribution in [0.25, 0.3) is 10.8 Å². The van der Waals surface area contributed by atoms with Crippen LogP contribution in [0.1, 0.15) is 30.7 Å². The van der Waals surface area contributed by atoms with Gasteiger partial charge in [-0.05, 0) is 51.7 Å². The number of carboxylic acids is 1. The Morgan fingerprint density at radius 3 is 2.47 bits per heavy atom. The van der Waals surface area contributed by atoms with Gasteiger partial charge in [0.15, 0.2) is 11.6 Å². The molecule has 0 bridgehead atoms. The minimum absolute atomic E-state index is 0.0860. The Labute approximate surface area is 225 Å². The van der Waals surface area contributed by atoms with Crippen LogP contribution in [0.15, 0.2) is 69.8 Å². The second-order valence-corrected chi connectivity index (χ2v) is 10.9. The second kappa shape index (κ2) is 8.87. The van der Waals surface area contributed by atoms with Crippen LogP contribution >= 0.6 is 15.9 Å². The van der Waals surface area contributed by atoms with Gasteiger partial charge in [-0.2, -0.15) is 0 Å². The molecule has 4 aliphatic rings. The number of ketones is 2. The van der Waals surface area contributed by atoms with Crippen LogP contribution in [0, 0.1) is 17.8 Å². The number of phenolic OH excluding ortho intramolecular Hbond substituents is 1. The zero-order valence-corrected chi connectivity index (χ0v) is 21.6. The molecule has 3 aliphatic carbocycles. The first-order chi connectivity index (χ1) is 18.2. The number of hydrogen-bond donors (Lipinski definition) is 2. The van der Waals surface area contributed by atoms with Crippen molar-refractivity contribution < 1.29 is 34.2 Å². The Balaban J connectivity index is 1.53. The van der Waals surface area contributed by atoms with Crippen LogP contribution in [0.4, 0.5) is 0 Å². The summed E-state index contributed by atoms with van der Waals surface area (Å²) in [6.45, 7) is -0.201. The maximum absolute atomic E-state index is 13.6. The fourth-order valence-corrected chi connectivity index (χ4v) is 7.06. The average Bonchev–Trinajstić information content (AvgIpc) is 3.14. The van der Waals surface area contributed by atoms with E-state index in [9.17, 15) is 29.1 Å². The molecule has 6 rings (SSSR count). The normalized spacial score (nSPS) is 26.7. The van der Waals surface area contributed by atoms with Crippen molar-refractivity contribution in [2.45, 2.75) is 25.2 Å². The highest BCUT2D eigenvalue weighted by Crippen LogP contribution is 2.56. The summed E-state index contributed by atoms with van der Waals surface area (Å²) in [5.41, 5.74) is 2.20. The molecular weight excluding hydrogens is 554 g/mol. The number of imide groups is 1. The molecule has 1 saturated heterocycles. The van der Waals surface area contributed by atoms with E-state index in [0.29, 0.717) is 16.5 Å². The van der Waals surface area contributed by atoms with Crippen molar-refractivity contribution in [1.82, 2.24) is 4.90 Å². The van der Waals surface area contributed by atoms with Gasteiger partial charge in [-0.25, -0.2) is 0 Å². The molecule has 0 radical (unpaired) electrons. The average molecular weight is 576 g/mol. The number of aliphatic carboxylic acids is 1. The predicted molar refractivity (Wildman–Crippen MR) is 139 cm³/mol. The number of benzene rings is 2. The van der Waals surface area contributed by atoms with Crippen molar-refractivity contribution in [3.05, 3.63) is 75.3 Å². The zero-order valence-electron chi connectivity index (χ0n) is 20.0. The van der Waals surface area contributed by atoms with Gasteiger partial charge in [0, 0.05) is 35.1 Å². The highest BCUT2D eigenvalue weighted by molar-refractivity contribution is 9.12. The molecule has 2 N–H and O–H groups in total. The molecule has 1 fully saturated rings. The predicted octanol–water partition coefficient (Wildman–Crippen LogP) is 3.78. The third-order valence-corrected chi connectivity index (χ3v) is 8.81. The Morgan fingerprint density at radius 2 is 1.74 bits per heavy atom. The molecule has 0 unspecified atom stereocenters. The lowest BCUT2D eigenvalue weighted by Gasteiger charge is -2.42. The Bertz CT molecular complexity index is 1580. The van der Waals surface area contributed by atoms with Crippen LogP contribution in [0.3, 0.4) is 0 Å². The number of rotatable bonds is 4. The van der Waals surface area contributed by atoms with Gasteiger partial charge in [0.2, 0.25) is 11.8 Å². The van der Waals surface area contributed by atoms with Gasteiger partial charge in [-0.15, -0.1) is 0 Å². The van der Waals surface area contributed by atoms with Crippen molar-refractivity contribution in [2.75, 3.05) is 6.54 Å². The molecule has 9 heteroatoms. The van der Waals surface area contributed by atoms with Crippen LogP contribution in [-0.2, 0) is 24.0 Å². The number of halogens is 1. The SMILES string of the molecule is O=C(O)CCN1C(=O)[C@H]2[C@H](CC=C3[C@H](c4ccc(O)c5ccccc45)C4=C(C[C@H]32)C(=O)C(Br)=CC4=O)C1=O. The van der Waals surface area contributed by atoms with E-state index in [4.69, 9.17) is 5.11 Å². The smallest absolute Gasteiger partial charge is 0.305 e. The number of aromatic hydroxyl groups is 1. The first-order valence-electron chi connectivity index (χ1n) is 12.4. The summed E-state index contributed by atoms with van der Waals surface area (Å²) in [7, 11) is 0. The minimum Gasteiger partial charge on any atom is -0.507 e. The first kappa shape index (κ1) is 24.5. The number of hydrogen-bond acceptors (Lipinski definition) is 6. The summed E-state index contributed by atoms with van der Waals surface area (Å²) in [4.78, 5) is 65.6. The summed E-state index contributed by atoms with van der Waals surface area (Å²) in [6.07, 6.45) is 3.26. The zero-order chi connectivity index (χ0) is 26.9. The van der Waals surface area contributed by atoms with E-state index < -0.39 is 41.5 Å². The van der Waals surface area contributed by atoms with Gasteiger partial charge < -0.3 is 10.2 Å². The number of nitrogens with zero attached hydrogens (tertiary/aromatic N) is 1. The Morgan fingerprint density at radius 1 is 1.00 bits per heavy atom. The van der Waals surface area contributed by atoms with Gasteiger partial charge in [0.1, 0.15) is 5.75 Å². The van der Waals surface area contributed by atoms with E-state index in [1.807, 2.05) is 18.2 Å². The molecule has 2 aromatic carbocycles. The third-order valence-electron chi connectivity index (χ3n) is 8.22. The molecule has 1 heterocycles. The lowest BCUT2D eigenvalue weighted by atomic mass is 9.59. The lowest BCUT2D eigenvalue weighted by Crippen LogP contribution is -2.39. The molecule has 0 spiro atoms. The number of carbonyl (C=O) groups excluding carboxylic acids is 4. The van der Waals surface area contributed by atoms with Gasteiger partial charge >= 0.3 is 5.97 Å². The maximum atomic E-state index is 13.6. The number of Topliss-reactive ketones (excluding diaryl/α,β-unsaturated/α-hetero) is 1. The topological polar surface area (TPSA) is 129 Å². The highest BCUT2D eigenvalue weighted by atomic mass is 79.9. The van der Waals surface area contributed by atoms with Crippen molar-refractivity contribution in [2.24, 2.45) is 17.8 Å². The standard InChI is InChI=1S/C29H22BrNO7/c30-20-12-22(33)26-19(27(20)36)11-18-16(24(26)15-7-8-21(32)14-4-2-1-3-13(14)15)5-6-17-25(18)29(38)31(28(17)37)10-9-23(34)35/h1-5,7-8,12,17-18,24-25,32H,6,9-11H2,(H,34,35)/t17-,18+,24-,25-/m0/s1. The summed E-state index contributed by atoms with van der Waals surface area (Å²) in [5, 5.41) is 20.9. The van der Waals surface area contributed by atoms with Crippen molar-refractivity contribution in [3.63, 3.8) is 0 Å². The van der Waals surface area contributed by atoms with E-state index >= 15 is 0 Å². The van der Waals surface area contributed by atoms with Crippen molar-refractivity contribution in [3.8, 4) is 5.75 Å². The number of likely N-dealkylation sites (tertiary alicyclic amines) is 1. The van der Waals surface area contributed by atoms with E-state index in [2.05, 4.69) is 15.9 Å². The molecule has 38 heavy (non-hydrogen) atoms. The number of carboxylic acid groups (broad SMARTS) is 1. The number of allylic oxidation sites excluding steroid dienone is 6. The molecule has 1 aliphatic heterocycles. The number of fused-ring (bicyclic) bond motifs is 4. The monoisotopic (exact) mass is 575 g/mol. The Kier molecular flexibility index (Phi) is 5.72. The lowest BCUT2D eigenvalue weighted by molar-refractivity contribution is -0.142. The van der Waals surface area contributed by atoms with Crippen LogP contribution in [0.2, 0.25) is 0 Å². The molecule has 2 aromatic rings. The molecule has 192 valence electrons. The molecule has 2 amide bonds. The highest BCUT2D eigenvalue weighted by Gasteiger charge is 2.56. The molecule has 0 saturated carbocycles. The first-order valence-corrected chi connectivity index (χ1v) is 13.1. The quantitative estimate of drug-likeness (QED) is 0.322. The van der Waals surface area contributed by atoms with E-state index in [0.717, 1.165) is 21.4 Å². The maximum Gasteiger partial charge on any atom is 0.305 e.